The largest absolute Gasteiger partial charge is 0.455 e. The summed E-state index contributed by atoms with van der Waals surface area (Å²) in [5, 5.41) is 14.5. The van der Waals surface area contributed by atoms with Crippen molar-refractivity contribution in [1.29, 1.82) is 0 Å². The molecule has 1 heterocycles. The van der Waals surface area contributed by atoms with E-state index in [1.165, 1.54) is 59.6 Å². The zero-order chi connectivity index (χ0) is 38.2. The van der Waals surface area contributed by atoms with Crippen molar-refractivity contribution in [2.75, 3.05) is 4.90 Å². The number of rotatable bonds is 5. The number of furan rings is 1. The summed E-state index contributed by atoms with van der Waals surface area (Å²) in [4.78, 5) is 2.42. The minimum absolute atomic E-state index is 0.892. The van der Waals surface area contributed by atoms with Gasteiger partial charge < -0.3 is 9.32 Å². The molecule has 0 spiro atoms. The van der Waals surface area contributed by atoms with E-state index in [0.717, 1.165) is 55.5 Å². The van der Waals surface area contributed by atoms with Crippen molar-refractivity contribution in [2.45, 2.75) is 0 Å². The standard InChI is InChI=1S/C56H35NO/c1-4-17-43-36(12-1)28-32-50-48(43)23-10-24-53(50)57(41-30-26-38(27-31-41)52-35-40-14-3-5-18-44(40)47-20-7-8-21-49(47)52)42-16-9-15-39(34-42)45-22-11-25-54-55(45)51-33-29-37-13-2-6-19-46(37)56(51)58-54/h1-35H. The van der Waals surface area contributed by atoms with Gasteiger partial charge in [-0.2, -0.15) is 0 Å². The van der Waals surface area contributed by atoms with Crippen LogP contribution in [0.2, 0.25) is 0 Å². The van der Waals surface area contributed by atoms with E-state index in [2.05, 4.69) is 217 Å². The molecular formula is C56H35NO. The molecule has 0 saturated heterocycles. The van der Waals surface area contributed by atoms with Crippen LogP contribution in [0, 0.1) is 0 Å². The van der Waals surface area contributed by atoms with E-state index < -0.39 is 0 Å². The van der Waals surface area contributed by atoms with Gasteiger partial charge >= 0.3 is 0 Å². The van der Waals surface area contributed by atoms with Crippen molar-refractivity contribution < 1.29 is 4.42 Å². The Bertz CT molecular complexity index is 3580. The van der Waals surface area contributed by atoms with E-state index in [-0.39, 0.29) is 0 Å². The number of fused-ring (bicyclic) bond motifs is 11. The van der Waals surface area contributed by atoms with Crippen molar-refractivity contribution in [3.8, 4) is 22.3 Å². The van der Waals surface area contributed by atoms with Gasteiger partial charge in [0.1, 0.15) is 11.2 Å². The lowest BCUT2D eigenvalue weighted by molar-refractivity contribution is 0.673. The summed E-state index contributed by atoms with van der Waals surface area (Å²) in [5.41, 5.74) is 9.83. The van der Waals surface area contributed by atoms with Crippen LogP contribution >= 0.6 is 0 Å². The average Bonchev–Trinajstić information content (AvgIpc) is 3.69. The minimum Gasteiger partial charge on any atom is -0.455 e. The van der Waals surface area contributed by atoms with Crippen LogP contribution in [0.15, 0.2) is 217 Å². The fourth-order valence-corrected chi connectivity index (χ4v) is 9.34. The summed E-state index contributed by atoms with van der Waals surface area (Å²) in [6.07, 6.45) is 0. The van der Waals surface area contributed by atoms with Gasteiger partial charge in [0.25, 0.3) is 0 Å². The molecule has 0 N–H and O–H groups in total. The van der Waals surface area contributed by atoms with Crippen LogP contribution in [-0.2, 0) is 0 Å². The molecule has 12 rings (SSSR count). The Morgan fingerprint density at radius 3 is 1.72 bits per heavy atom. The van der Waals surface area contributed by atoms with Gasteiger partial charge in [0.2, 0.25) is 0 Å². The van der Waals surface area contributed by atoms with Gasteiger partial charge in [-0.25, -0.2) is 0 Å². The molecule has 1 aromatic heterocycles. The molecule has 0 amide bonds. The summed E-state index contributed by atoms with van der Waals surface area (Å²) < 4.78 is 6.62. The van der Waals surface area contributed by atoms with Gasteiger partial charge in [0.05, 0.1) is 5.69 Å². The Morgan fingerprint density at radius 1 is 0.310 bits per heavy atom. The number of hydrogen-bond donors (Lipinski definition) is 0. The molecule has 0 radical (unpaired) electrons. The van der Waals surface area contributed by atoms with E-state index >= 15 is 0 Å². The maximum Gasteiger partial charge on any atom is 0.143 e. The molecule has 0 aliphatic carbocycles. The first-order chi connectivity index (χ1) is 28.8. The zero-order valence-corrected chi connectivity index (χ0v) is 31.6. The van der Waals surface area contributed by atoms with Gasteiger partial charge in [-0.3, -0.25) is 0 Å². The molecule has 0 fully saturated rings. The molecular weight excluding hydrogens is 703 g/mol. The van der Waals surface area contributed by atoms with Crippen molar-refractivity contribution in [1.82, 2.24) is 0 Å². The highest BCUT2D eigenvalue weighted by molar-refractivity contribution is 6.19. The Morgan fingerprint density at radius 2 is 0.914 bits per heavy atom. The van der Waals surface area contributed by atoms with E-state index in [1.807, 2.05) is 0 Å². The smallest absolute Gasteiger partial charge is 0.143 e. The highest BCUT2D eigenvalue weighted by Crippen LogP contribution is 2.45. The van der Waals surface area contributed by atoms with Gasteiger partial charge in [0, 0.05) is 32.9 Å². The number of anilines is 3. The summed E-state index contributed by atoms with van der Waals surface area (Å²) in [6.45, 7) is 0. The molecule has 270 valence electrons. The first kappa shape index (κ1) is 32.6. The van der Waals surface area contributed by atoms with Gasteiger partial charge in [-0.15, -0.1) is 0 Å². The molecule has 12 aromatic rings. The van der Waals surface area contributed by atoms with Crippen molar-refractivity contribution >= 4 is 92.9 Å². The van der Waals surface area contributed by atoms with Gasteiger partial charge in [-0.1, -0.05) is 164 Å². The van der Waals surface area contributed by atoms with E-state index in [1.54, 1.807) is 0 Å². The lowest BCUT2D eigenvalue weighted by atomic mass is 9.93. The highest BCUT2D eigenvalue weighted by atomic mass is 16.3. The topological polar surface area (TPSA) is 16.4 Å². The van der Waals surface area contributed by atoms with Crippen molar-refractivity contribution in [2.24, 2.45) is 0 Å². The molecule has 0 aliphatic heterocycles. The monoisotopic (exact) mass is 737 g/mol. The molecule has 0 saturated carbocycles. The minimum atomic E-state index is 0.892. The Kier molecular flexibility index (Phi) is 7.26. The Labute approximate surface area is 335 Å². The number of hydrogen-bond acceptors (Lipinski definition) is 2. The van der Waals surface area contributed by atoms with Gasteiger partial charge in [0.15, 0.2) is 0 Å². The molecule has 0 aliphatic rings. The van der Waals surface area contributed by atoms with Crippen LogP contribution in [0.4, 0.5) is 17.1 Å². The lowest BCUT2D eigenvalue weighted by Gasteiger charge is -2.28. The lowest BCUT2D eigenvalue weighted by Crippen LogP contribution is -2.10. The molecule has 11 aromatic carbocycles. The van der Waals surface area contributed by atoms with E-state index in [4.69, 9.17) is 4.42 Å². The molecule has 0 unspecified atom stereocenters. The third-order valence-electron chi connectivity index (χ3n) is 12.0. The second-order valence-electron chi connectivity index (χ2n) is 15.2. The highest BCUT2D eigenvalue weighted by Gasteiger charge is 2.20. The molecule has 2 heteroatoms. The van der Waals surface area contributed by atoms with Crippen LogP contribution in [0.3, 0.4) is 0 Å². The predicted octanol–water partition coefficient (Wildman–Crippen LogP) is 16.2. The summed E-state index contributed by atoms with van der Waals surface area (Å²) in [6, 6.07) is 77.1. The summed E-state index contributed by atoms with van der Waals surface area (Å²) in [5.74, 6) is 0. The predicted molar refractivity (Wildman–Crippen MR) is 247 cm³/mol. The Hall–Kier alpha value is -7.68. The number of benzene rings is 11. The molecule has 0 atom stereocenters. The third kappa shape index (κ3) is 5.05. The second kappa shape index (κ2) is 12.9. The first-order valence-corrected chi connectivity index (χ1v) is 19.9. The molecule has 0 bridgehead atoms. The molecule has 2 nitrogen and oxygen atoms in total. The summed E-state index contributed by atoms with van der Waals surface area (Å²) in [7, 11) is 0. The van der Waals surface area contributed by atoms with E-state index in [9.17, 15) is 0 Å². The van der Waals surface area contributed by atoms with Crippen LogP contribution < -0.4 is 4.90 Å². The van der Waals surface area contributed by atoms with E-state index in [0.29, 0.717) is 0 Å². The van der Waals surface area contributed by atoms with Crippen LogP contribution in [0.25, 0.3) is 98.1 Å². The SMILES string of the molecule is c1cc(-c2cccc3oc4c5ccccc5ccc4c23)cc(N(c2ccc(-c3cc4ccccc4c4ccccc34)cc2)c2cccc3c2ccc2ccccc23)c1. The molecule has 58 heavy (non-hydrogen) atoms. The van der Waals surface area contributed by atoms with Crippen molar-refractivity contribution in [3.05, 3.63) is 212 Å². The second-order valence-corrected chi connectivity index (χ2v) is 15.2. The third-order valence-corrected chi connectivity index (χ3v) is 12.0. The van der Waals surface area contributed by atoms with Crippen molar-refractivity contribution in [3.63, 3.8) is 0 Å². The fourth-order valence-electron chi connectivity index (χ4n) is 9.34. The fraction of sp³-hybridized carbons (Fsp3) is 0. The quantitative estimate of drug-likeness (QED) is 0.164. The Balaban J connectivity index is 1.06. The van der Waals surface area contributed by atoms with Crippen LogP contribution in [0.1, 0.15) is 0 Å². The maximum atomic E-state index is 6.62. The van der Waals surface area contributed by atoms with Crippen LogP contribution in [0.5, 0.6) is 0 Å². The normalized spacial score (nSPS) is 11.8. The first-order valence-electron chi connectivity index (χ1n) is 19.9. The van der Waals surface area contributed by atoms with Gasteiger partial charge in [-0.05, 0) is 114 Å². The zero-order valence-electron chi connectivity index (χ0n) is 31.6. The summed E-state index contributed by atoms with van der Waals surface area (Å²) >= 11 is 0. The maximum absolute atomic E-state index is 6.62. The average molecular weight is 738 g/mol. The van der Waals surface area contributed by atoms with Crippen LogP contribution in [-0.4, -0.2) is 0 Å². The number of nitrogens with zero attached hydrogens (tertiary/aromatic N) is 1.